The van der Waals surface area contributed by atoms with Crippen LogP contribution in [-0.2, 0) is 6.42 Å². The van der Waals surface area contributed by atoms with Crippen LogP contribution in [0.1, 0.15) is 28.1 Å². The predicted molar refractivity (Wildman–Crippen MR) is 88.3 cm³/mol. The zero-order valence-corrected chi connectivity index (χ0v) is 14.4. The number of aromatic nitrogens is 2. The van der Waals surface area contributed by atoms with Gasteiger partial charge in [0.25, 0.3) is 0 Å². The fraction of sp³-hybridized carbons (Fsp3) is 0.438. The molecule has 2 rings (SSSR count). The van der Waals surface area contributed by atoms with E-state index in [0.717, 1.165) is 29.1 Å². The van der Waals surface area contributed by atoms with Gasteiger partial charge in [-0.3, -0.25) is 0 Å². The van der Waals surface area contributed by atoms with Gasteiger partial charge >= 0.3 is 0 Å². The smallest absolute Gasteiger partial charge is 0.110 e. The molecule has 0 amide bonds. The molecule has 1 aromatic heterocycles. The van der Waals surface area contributed by atoms with E-state index < -0.39 is 0 Å². The molecule has 0 saturated heterocycles. The Hall–Kier alpha value is -1.13. The monoisotopic (exact) mass is 335 g/mol. The van der Waals surface area contributed by atoms with Gasteiger partial charge in [-0.05, 0) is 72.9 Å². The highest BCUT2D eigenvalue weighted by molar-refractivity contribution is 9.10. The minimum atomic E-state index is 0.901. The Labute approximate surface area is 129 Å². The Balaban J connectivity index is 2.54. The summed E-state index contributed by atoms with van der Waals surface area (Å²) in [5, 5.41) is 3.15. The van der Waals surface area contributed by atoms with Crippen LogP contribution in [0.25, 0.3) is 11.3 Å². The first-order valence-electron chi connectivity index (χ1n) is 6.92. The van der Waals surface area contributed by atoms with Gasteiger partial charge in [0.2, 0.25) is 0 Å². The molecule has 1 aromatic carbocycles. The summed E-state index contributed by atoms with van der Waals surface area (Å²) in [4.78, 5) is 8.12. The first kappa shape index (κ1) is 15.3. The molecule has 0 aliphatic carbocycles. The molecule has 108 valence electrons. The van der Waals surface area contributed by atoms with Crippen LogP contribution in [0.2, 0.25) is 0 Å². The average Bonchev–Trinajstić information content (AvgIpc) is 2.76. The van der Waals surface area contributed by atoms with Crippen molar-refractivity contribution >= 4 is 15.9 Å². The molecule has 0 atom stereocenters. The van der Waals surface area contributed by atoms with Crippen LogP contribution >= 0.6 is 15.9 Å². The number of benzene rings is 1. The SMILES string of the molecule is CNCCc1nc(-c2c(C)c(C)cc(C)c2C)c(Br)[nH]1. The van der Waals surface area contributed by atoms with Gasteiger partial charge in [-0.15, -0.1) is 0 Å². The van der Waals surface area contributed by atoms with Gasteiger partial charge in [0.05, 0.1) is 0 Å². The zero-order chi connectivity index (χ0) is 14.9. The molecule has 0 aliphatic rings. The number of aryl methyl sites for hydroxylation is 2. The molecule has 3 nitrogen and oxygen atoms in total. The summed E-state index contributed by atoms with van der Waals surface area (Å²) >= 11 is 3.62. The lowest BCUT2D eigenvalue weighted by Crippen LogP contribution is -2.11. The summed E-state index contributed by atoms with van der Waals surface area (Å²) in [6, 6.07) is 2.25. The summed E-state index contributed by atoms with van der Waals surface area (Å²) in [6.45, 7) is 9.59. The van der Waals surface area contributed by atoms with Gasteiger partial charge in [-0.2, -0.15) is 0 Å². The highest BCUT2D eigenvalue weighted by Gasteiger charge is 2.17. The largest absolute Gasteiger partial charge is 0.336 e. The van der Waals surface area contributed by atoms with E-state index >= 15 is 0 Å². The summed E-state index contributed by atoms with van der Waals surface area (Å²) in [5.74, 6) is 1.01. The number of hydrogen-bond acceptors (Lipinski definition) is 2. The van der Waals surface area contributed by atoms with Crippen LogP contribution in [0.5, 0.6) is 0 Å². The van der Waals surface area contributed by atoms with Crippen LogP contribution in [0, 0.1) is 27.7 Å². The topological polar surface area (TPSA) is 40.7 Å². The van der Waals surface area contributed by atoms with Crippen LogP contribution in [0.15, 0.2) is 10.7 Å². The summed E-state index contributed by atoms with van der Waals surface area (Å²) in [5.41, 5.74) is 7.52. The quantitative estimate of drug-likeness (QED) is 0.891. The number of rotatable bonds is 4. The van der Waals surface area contributed by atoms with E-state index in [4.69, 9.17) is 4.98 Å². The molecule has 0 bridgehead atoms. The number of imidazole rings is 1. The minimum absolute atomic E-state index is 0.901. The van der Waals surface area contributed by atoms with Gasteiger partial charge in [-0.1, -0.05) is 6.07 Å². The number of nitrogens with zero attached hydrogens (tertiary/aromatic N) is 1. The molecular formula is C16H22BrN3. The molecular weight excluding hydrogens is 314 g/mol. The first-order chi connectivity index (χ1) is 9.45. The van der Waals surface area contributed by atoms with Crippen LogP contribution in [0.3, 0.4) is 0 Å². The molecule has 0 saturated carbocycles. The highest BCUT2D eigenvalue weighted by Crippen LogP contribution is 2.34. The van der Waals surface area contributed by atoms with Crippen molar-refractivity contribution in [2.75, 3.05) is 13.6 Å². The van der Waals surface area contributed by atoms with Gasteiger partial charge in [0, 0.05) is 18.5 Å². The summed E-state index contributed by atoms with van der Waals surface area (Å²) in [7, 11) is 1.96. The summed E-state index contributed by atoms with van der Waals surface area (Å²) < 4.78 is 0.972. The second kappa shape index (κ2) is 6.10. The van der Waals surface area contributed by atoms with E-state index in [-0.39, 0.29) is 0 Å². The van der Waals surface area contributed by atoms with Crippen LogP contribution in [0.4, 0.5) is 0 Å². The molecule has 0 unspecified atom stereocenters. The van der Waals surface area contributed by atoms with Crippen molar-refractivity contribution in [3.05, 3.63) is 38.7 Å². The Morgan fingerprint density at radius 2 is 1.75 bits per heavy atom. The van der Waals surface area contributed by atoms with Crippen LogP contribution in [-0.4, -0.2) is 23.6 Å². The van der Waals surface area contributed by atoms with Crippen molar-refractivity contribution < 1.29 is 0 Å². The summed E-state index contributed by atoms with van der Waals surface area (Å²) in [6.07, 6.45) is 0.901. The van der Waals surface area contributed by atoms with Crippen LogP contribution < -0.4 is 5.32 Å². The van der Waals surface area contributed by atoms with Crippen molar-refractivity contribution in [1.82, 2.24) is 15.3 Å². The number of H-pyrrole nitrogens is 1. The maximum absolute atomic E-state index is 4.78. The van der Waals surface area contributed by atoms with Gasteiger partial charge in [-0.25, -0.2) is 4.98 Å². The molecule has 0 aliphatic heterocycles. The molecule has 2 aromatic rings. The second-order valence-corrected chi connectivity index (χ2v) is 6.13. The van der Waals surface area contributed by atoms with E-state index in [1.165, 1.54) is 27.8 Å². The fourth-order valence-electron chi connectivity index (χ4n) is 2.50. The van der Waals surface area contributed by atoms with Crippen molar-refractivity contribution in [1.29, 1.82) is 0 Å². The molecule has 0 spiro atoms. The van der Waals surface area contributed by atoms with Crippen molar-refractivity contribution in [3.63, 3.8) is 0 Å². The maximum Gasteiger partial charge on any atom is 0.110 e. The van der Waals surface area contributed by atoms with Crippen molar-refractivity contribution in [2.24, 2.45) is 0 Å². The van der Waals surface area contributed by atoms with Gasteiger partial charge in [0.15, 0.2) is 0 Å². The van der Waals surface area contributed by atoms with E-state index in [1.54, 1.807) is 0 Å². The lowest BCUT2D eigenvalue weighted by atomic mass is 9.93. The average molecular weight is 336 g/mol. The van der Waals surface area contributed by atoms with Gasteiger partial charge in [0.1, 0.15) is 16.1 Å². The lowest BCUT2D eigenvalue weighted by Gasteiger charge is -2.13. The molecule has 0 fully saturated rings. The standard InChI is InChI=1S/C16H22BrN3/c1-9-8-10(2)12(4)14(11(9)3)15-16(17)20-13(19-15)6-7-18-5/h8,18H,6-7H2,1-5H3,(H,19,20). The minimum Gasteiger partial charge on any atom is -0.336 e. The first-order valence-corrected chi connectivity index (χ1v) is 7.71. The number of likely N-dealkylation sites (N-methyl/N-ethyl adjacent to an activating group) is 1. The number of hydrogen-bond donors (Lipinski definition) is 2. The third-order valence-corrected chi connectivity index (χ3v) is 4.50. The molecule has 1 heterocycles. The third-order valence-electron chi connectivity index (χ3n) is 3.92. The van der Waals surface area contributed by atoms with Crippen molar-refractivity contribution in [3.8, 4) is 11.3 Å². The second-order valence-electron chi connectivity index (χ2n) is 5.34. The van der Waals surface area contributed by atoms with E-state index in [0.29, 0.717) is 0 Å². The Morgan fingerprint density at radius 1 is 1.15 bits per heavy atom. The molecule has 2 N–H and O–H groups in total. The zero-order valence-electron chi connectivity index (χ0n) is 12.8. The molecule has 20 heavy (non-hydrogen) atoms. The normalized spacial score (nSPS) is 11.1. The van der Waals surface area contributed by atoms with Crippen molar-refractivity contribution in [2.45, 2.75) is 34.1 Å². The Bertz CT molecular complexity index is 603. The number of aromatic amines is 1. The number of halogens is 1. The van der Waals surface area contributed by atoms with E-state index in [9.17, 15) is 0 Å². The van der Waals surface area contributed by atoms with E-state index in [2.05, 4.69) is 60.0 Å². The Morgan fingerprint density at radius 3 is 2.30 bits per heavy atom. The Kier molecular flexibility index (Phi) is 4.66. The van der Waals surface area contributed by atoms with Gasteiger partial charge < -0.3 is 10.3 Å². The predicted octanol–water partition coefficient (Wildman–Crippen LogP) is 3.83. The highest BCUT2D eigenvalue weighted by atomic mass is 79.9. The fourth-order valence-corrected chi connectivity index (χ4v) is 3.01. The lowest BCUT2D eigenvalue weighted by molar-refractivity contribution is 0.764. The number of nitrogens with one attached hydrogen (secondary N) is 2. The molecule has 0 radical (unpaired) electrons. The maximum atomic E-state index is 4.78. The van der Waals surface area contributed by atoms with E-state index in [1.807, 2.05) is 7.05 Å². The molecule has 4 heteroatoms. The third kappa shape index (κ3) is 2.81.